The quantitative estimate of drug-likeness (QED) is 0.734. The molecule has 1 N–H and O–H groups in total. The van der Waals surface area contributed by atoms with Gasteiger partial charge in [0.25, 0.3) is 0 Å². The van der Waals surface area contributed by atoms with Gasteiger partial charge in [-0.3, -0.25) is 0 Å². The van der Waals surface area contributed by atoms with Crippen LogP contribution in [0.25, 0.3) is 0 Å². The van der Waals surface area contributed by atoms with Crippen LogP contribution in [0.1, 0.15) is 44.4 Å². The number of nitrogens with zero attached hydrogens (tertiary/aromatic N) is 2. The van der Waals surface area contributed by atoms with Crippen molar-refractivity contribution in [2.75, 3.05) is 0 Å². The van der Waals surface area contributed by atoms with Crippen molar-refractivity contribution in [3.8, 4) is 0 Å². The molecule has 1 aromatic rings. The van der Waals surface area contributed by atoms with E-state index in [0.29, 0.717) is 0 Å². The molecule has 0 spiro atoms. The first-order valence-electron chi connectivity index (χ1n) is 5.22. The smallest absolute Gasteiger partial charge is 0.232 e. The molecule has 76 valence electrons. The van der Waals surface area contributed by atoms with E-state index in [-0.39, 0.29) is 11.0 Å². The molecule has 3 saturated carbocycles. The lowest BCUT2D eigenvalue weighted by Crippen LogP contribution is -2.48. The molecule has 3 aliphatic carbocycles. The standard InChI is InChI=1S/C10H14N2O2/c13-10-4-1-9(2-5-10,3-6-10)8-11-7-12-14-8/h7,13H,1-6H2. The zero-order valence-electron chi connectivity index (χ0n) is 8.07. The first kappa shape index (κ1) is 8.41. The minimum absolute atomic E-state index is 0.0843. The summed E-state index contributed by atoms with van der Waals surface area (Å²) in [5.41, 5.74) is -0.303. The second-order valence-corrected chi connectivity index (χ2v) is 4.75. The monoisotopic (exact) mass is 194 g/mol. The van der Waals surface area contributed by atoms with E-state index in [0.717, 1.165) is 44.4 Å². The summed E-state index contributed by atoms with van der Waals surface area (Å²) in [6.45, 7) is 0. The van der Waals surface area contributed by atoms with E-state index in [1.165, 1.54) is 6.33 Å². The molecular weight excluding hydrogens is 180 g/mol. The third-order valence-electron chi connectivity index (χ3n) is 4.02. The van der Waals surface area contributed by atoms with E-state index in [2.05, 4.69) is 10.1 Å². The minimum Gasteiger partial charge on any atom is -0.390 e. The Hall–Kier alpha value is -0.900. The number of aromatic nitrogens is 2. The normalized spacial score (nSPS) is 41.5. The third kappa shape index (κ3) is 1.03. The maximum atomic E-state index is 10.1. The van der Waals surface area contributed by atoms with E-state index in [9.17, 15) is 5.11 Å². The van der Waals surface area contributed by atoms with Gasteiger partial charge in [-0.1, -0.05) is 5.16 Å². The summed E-state index contributed by atoms with van der Waals surface area (Å²) in [6, 6.07) is 0. The summed E-state index contributed by atoms with van der Waals surface area (Å²) < 4.78 is 5.18. The lowest BCUT2D eigenvalue weighted by atomic mass is 9.58. The van der Waals surface area contributed by atoms with Crippen molar-refractivity contribution in [3.63, 3.8) is 0 Å². The van der Waals surface area contributed by atoms with Gasteiger partial charge in [-0.05, 0) is 38.5 Å². The van der Waals surface area contributed by atoms with Crippen molar-refractivity contribution in [3.05, 3.63) is 12.2 Å². The van der Waals surface area contributed by atoms with Crippen LogP contribution in [0.4, 0.5) is 0 Å². The van der Waals surface area contributed by atoms with E-state index < -0.39 is 0 Å². The van der Waals surface area contributed by atoms with Crippen molar-refractivity contribution in [1.29, 1.82) is 0 Å². The van der Waals surface area contributed by atoms with Crippen molar-refractivity contribution in [2.24, 2.45) is 0 Å². The van der Waals surface area contributed by atoms with Crippen molar-refractivity contribution >= 4 is 0 Å². The molecule has 4 rings (SSSR count). The molecule has 1 heterocycles. The van der Waals surface area contributed by atoms with E-state index in [1.54, 1.807) is 0 Å². The van der Waals surface area contributed by atoms with Gasteiger partial charge < -0.3 is 9.63 Å². The summed E-state index contributed by atoms with van der Waals surface area (Å²) in [7, 11) is 0. The predicted molar refractivity (Wildman–Crippen MR) is 48.6 cm³/mol. The molecule has 0 unspecified atom stereocenters. The summed E-state index contributed by atoms with van der Waals surface area (Å²) in [4.78, 5) is 4.17. The average molecular weight is 194 g/mol. The van der Waals surface area contributed by atoms with Crippen LogP contribution >= 0.6 is 0 Å². The Kier molecular flexibility index (Phi) is 1.54. The highest BCUT2D eigenvalue weighted by Gasteiger charge is 2.51. The van der Waals surface area contributed by atoms with Crippen LogP contribution in [0, 0.1) is 0 Å². The first-order chi connectivity index (χ1) is 6.73. The van der Waals surface area contributed by atoms with E-state index >= 15 is 0 Å². The lowest BCUT2D eigenvalue weighted by molar-refractivity contribution is -0.0726. The number of fused-ring (bicyclic) bond motifs is 3. The zero-order chi connectivity index (χ0) is 9.65. The number of aliphatic hydroxyl groups is 1. The first-order valence-corrected chi connectivity index (χ1v) is 5.22. The van der Waals surface area contributed by atoms with Gasteiger partial charge in [0.2, 0.25) is 5.89 Å². The van der Waals surface area contributed by atoms with E-state index in [4.69, 9.17) is 4.52 Å². The second-order valence-electron chi connectivity index (χ2n) is 4.75. The molecule has 0 amide bonds. The number of hydrogen-bond acceptors (Lipinski definition) is 4. The molecule has 3 fully saturated rings. The van der Waals surface area contributed by atoms with Gasteiger partial charge in [-0.2, -0.15) is 4.98 Å². The van der Waals surface area contributed by atoms with Crippen LogP contribution in [0.3, 0.4) is 0 Å². The van der Waals surface area contributed by atoms with E-state index in [1.807, 2.05) is 0 Å². The molecular formula is C10H14N2O2. The predicted octanol–water partition coefficient (Wildman–Crippen LogP) is 1.41. The summed E-state index contributed by atoms with van der Waals surface area (Å²) >= 11 is 0. The van der Waals surface area contributed by atoms with Gasteiger partial charge in [-0.15, -0.1) is 0 Å². The van der Waals surface area contributed by atoms with Gasteiger partial charge in [0.1, 0.15) is 0 Å². The van der Waals surface area contributed by atoms with Gasteiger partial charge in [-0.25, -0.2) is 0 Å². The van der Waals surface area contributed by atoms with Crippen LogP contribution in [0.15, 0.2) is 10.9 Å². The lowest BCUT2D eigenvalue weighted by Gasteiger charge is -2.48. The Labute approximate surface area is 82.3 Å². The topological polar surface area (TPSA) is 59.2 Å². The molecule has 0 radical (unpaired) electrons. The SMILES string of the molecule is OC12CCC(c3ncno3)(CC1)CC2. The highest BCUT2D eigenvalue weighted by atomic mass is 16.5. The van der Waals surface area contributed by atoms with Crippen molar-refractivity contribution in [2.45, 2.75) is 49.5 Å². The Morgan fingerprint density at radius 1 is 1.14 bits per heavy atom. The molecule has 4 heteroatoms. The fraction of sp³-hybridized carbons (Fsp3) is 0.800. The molecule has 0 atom stereocenters. The molecule has 2 bridgehead atoms. The average Bonchev–Trinajstić information content (AvgIpc) is 2.73. The summed E-state index contributed by atoms with van der Waals surface area (Å²) in [5, 5.41) is 13.7. The van der Waals surface area contributed by atoms with Crippen molar-refractivity contribution < 1.29 is 9.63 Å². The maximum absolute atomic E-state index is 10.1. The van der Waals surface area contributed by atoms with Gasteiger partial charge in [0.05, 0.1) is 5.60 Å². The Morgan fingerprint density at radius 2 is 1.79 bits per heavy atom. The van der Waals surface area contributed by atoms with Crippen LogP contribution in [-0.4, -0.2) is 20.8 Å². The molecule has 0 aromatic carbocycles. The van der Waals surface area contributed by atoms with Crippen molar-refractivity contribution in [1.82, 2.24) is 10.1 Å². The molecule has 4 nitrogen and oxygen atoms in total. The largest absolute Gasteiger partial charge is 0.390 e. The minimum atomic E-state index is -0.387. The zero-order valence-corrected chi connectivity index (χ0v) is 8.07. The Balaban J connectivity index is 1.93. The fourth-order valence-corrected chi connectivity index (χ4v) is 2.89. The third-order valence-corrected chi connectivity index (χ3v) is 4.02. The van der Waals surface area contributed by atoms with Crippen LogP contribution in [0.2, 0.25) is 0 Å². The van der Waals surface area contributed by atoms with Gasteiger partial charge >= 0.3 is 0 Å². The van der Waals surface area contributed by atoms with Crippen LogP contribution in [-0.2, 0) is 5.41 Å². The Bertz CT molecular complexity index is 309. The highest BCUT2D eigenvalue weighted by Crippen LogP contribution is 2.52. The number of hydrogen-bond donors (Lipinski definition) is 1. The second kappa shape index (κ2) is 2.57. The molecule has 0 aliphatic heterocycles. The fourth-order valence-electron chi connectivity index (χ4n) is 2.89. The van der Waals surface area contributed by atoms with Gasteiger partial charge in [0.15, 0.2) is 6.33 Å². The van der Waals surface area contributed by atoms with Crippen LogP contribution < -0.4 is 0 Å². The van der Waals surface area contributed by atoms with Gasteiger partial charge in [0, 0.05) is 5.41 Å². The molecule has 0 saturated heterocycles. The number of rotatable bonds is 1. The Morgan fingerprint density at radius 3 is 2.29 bits per heavy atom. The summed E-state index contributed by atoms with van der Waals surface area (Å²) in [5.74, 6) is 0.777. The maximum Gasteiger partial charge on any atom is 0.232 e. The van der Waals surface area contributed by atoms with Crippen LogP contribution in [0.5, 0.6) is 0 Å². The highest BCUT2D eigenvalue weighted by molar-refractivity contribution is 5.13. The molecule has 14 heavy (non-hydrogen) atoms. The molecule has 3 aliphatic rings. The molecule has 1 aromatic heterocycles. The summed E-state index contributed by atoms with van der Waals surface area (Å²) in [6.07, 6.45) is 7.10.